The minimum Gasteiger partial charge on any atom is -0.377 e. The van der Waals surface area contributed by atoms with Crippen LogP contribution in [-0.4, -0.2) is 12.7 Å². The lowest BCUT2D eigenvalue weighted by Gasteiger charge is -2.36. The molecule has 21 heavy (non-hydrogen) atoms. The molecule has 1 saturated carbocycles. The molecule has 1 aliphatic carbocycles. The van der Waals surface area contributed by atoms with E-state index in [2.05, 4.69) is 48.1 Å². The second-order valence-electron chi connectivity index (χ2n) is 8.74. The average Bonchev–Trinajstić information content (AvgIpc) is 2.42. The van der Waals surface area contributed by atoms with Gasteiger partial charge < -0.3 is 4.74 Å². The first-order valence-corrected chi connectivity index (χ1v) is 8.96. The van der Waals surface area contributed by atoms with Crippen LogP contribution in [-0.2, 0) is 4.74 Å². The molecule has 1 rings (SSSR count). The summed E-state index contributed by atoms with van der Waals surface area (Å²) in [5.41, 5.74) is 1.74. The van der Waals surface area contributed by atoms with Gasteiger partial charge >= 0.3 is 0 Å². The average molecular weight is 295 g/mol. The van der Waals surface area contributed by atoms with E-state index in [1.807, 2.05) is 0 Å². The van der Waals surface area contributed by atoms with Crippen LogP contribution in [0.4, 0.5) is 0 Å². The molecule has 0 N–H and O–H groups in total. The summed E-state index contributed by atoms with van der Waals surface area (Å²) in [6.07, 6.45) is 9.35. The van der Waals surface area contributed by atoms with E-state index in [4.69, 9.17) is 4.74 Å². The molecular weight excluding hydrogens is 256 g/mol. The minimum atomic E-state index is 0.182. The standard InChI is InChI=1S/C20H38O/c1-8-20(6,7)16(2)14-18(19(3,4)5)21-15-17-12-10-9-11-13-17/h17-18H,2,8-15H2,1,3-7H3. The van der Waals surface area contributed by atoms with Crippen molar-refractivity contribution in [3.8, 4) is 0 Å². The fourth-order valence-corrected chi connectivity index (χ4v) is 2.97. The number of hydrogen-bond acceptors (Lipinski definition) is 1. The smallest absolute Gasteiger partial charge is 0.0660 e. The summed E-state index contributed by atoms with van der Waals surface area (Å²) in [5.74, 6) is 0.788. The maximum atomic E-state index is 6.40. The van der Waals surface area contributed by atoms with Crippen molar-refractivity contribution in [1.29, 1.82) is 0 Å². The molecule has 0 aromatic rings. The van der Waals surface area contributed by atoms with E-state index >= 15 is 0 Å². The molecule has 0 radical (unpaired) electrons. The summed E-state index contributed by atoms with van der Waals surface area (Å²) in [5, 5.41) is 0. The Morgan fingerprint density at radius 2 is 1.67 bits per heavy atom. The lowest BCUT2D eigenvalue weighted by molar-refractivity contribution is -0.0395. The second-order valence-corrected chi connectivity index (χ2v) is 8.74. The zero-order valence-electron chi connectivity index (χ0n) is 15.4. The van der Waals surface area contributed by atoms with E-state index in [1.54, 1.807) is 0 Å². The normalized spacial score (nSPS) is 19.5. The highest BCUT2D eigenvalue weighted by molar-refractivity contribution is 5.09. The van der Waals surface area contributed by atoms with Gasteiger partial charge in [-0.2, -0.15) is 0 Å². The van der Waals surface area contributed by atoms with Gasteiger partial charge in [-0.1, -0.05) is 73.0 Å². The first kappa shape index (κ1) is 18.7. The van der Waals surface area contributed by atoms with E-state index in [0.717, 1.165) is 25.4 Å². The topological polar surface area (TPSA) is 9.23 Å². The van der Waals surface area contributed by atoms with E-state index < -0.39 is 0 Å². The van der Waals surface area contributed by atoms with Crippen molar-refractivity contribution in [3.05, 3.63) is 12.2 Å². The third-order valence-corrected chi connectivity index (χ3v) is 5.50. The zero-order chi connectivity index (χ0) is 16.1. The molecule has 0 aliphatic heterocycles. The van der Waals surface area contributed by atoms with Gasteiger partial charge in [-0.05, 0) is 42.4 Å². The maximum Gasteiger partial charge on any atom is 0.0660 e. The molecule has 1 nitrogen and oxygen atoms in total. The highest BCUT2D eigenvalue weighted by Crippen LogP contribution is 2.37. The van der Waals surface area contributed by atoms with Crippen molar-refractivity contribution in [1.82, 2.24) is 0 Å². The SMILES string of the molecule is C=C(CC(OCC1CCCCC1)C(C)(C)C)C(C)(C)CC. The van der Waals surface area contributed by atoms with E-state index in [-0.39, 0.29) is 16.9 Å². The minimum absolute atomic E-state index is 0.182. The first-order valence-electron chi connectivity index (χ1n) is 8.96. The lowest BCUT2D eigenvalue weighted by atomic mass is 9.76. The monoisotopic (exact) mass is 294 g/mol. The molecule has 1 heteroatoms. The highest BCUT2D eigenvalue weighted by Gasteiger charge is 2.30. The Morgan fingerprint density at radius 3 is 2.14 bits per heavy atom. The molecule has 0 saturated heterocycles. The van der Waals surface area contributed by atoms with E-state index in [0.29, 0.717) is 0 Å². The van der Waals surface area contributed by atoms with Crippen molar-refractivity contribution in [2.75, 3.05) is 6.61 Å². The van der Waals surface area contributed by atoms with Crippen molar-refractivity contribution < 1.29 is 4.74 Å². The van der Waals surface area contributed by atoms with Gasteiger partial charge in [0, 0.05) is 6.61 Å². The molecule has 0 heterocycles. The van der Waals surface area contributed by atoms with Crippen LogP contribution in [0.15, 0.2) is 12.2 Å². The number of ether oxygens (including phenoxy) is 1. The third-order valence-electron chi connectivity index (χ3n) is 5.50. The summed E-state index contributed by atoms with van der Waals surface area (Å²) < 4.78 is 6.40. The number of rotatable bonds is 7. The Balaban J connectivity index is 2.58. The molecule has 1 fully saturated rings. The molecule has 1 aliphatic rings. The van der Waals surface area contributed by atoms with Crippen LogP contribution in [0, 0.1) is 16.7 Å². The number of hydrogen-bond donors (Lipinski definition) is 0. The molecule has 0 aromatic carbocycles. The van der Waals surface area contributed by atoms with Crippen molar-refractivity contribution in [2.24, 2.45) is 16.7 Å². The van der Waals surface area contributed by atoms with Crippen LogP contribution < -0.4 is 0 Å². The van der Waals surface area contributed by atoms with Crippen LogP contribution in [0.25, 0.3) is 0 Å². The van der Waals surface area contributed by atoms with Gasteiger partial charge in [0.15, 0.2) is 0 Å². The van der Waals surface area contributed by atoms with Gasteiger partial charge in [0.25, 0.3) is 0 Å². The molecule has 1 atom stereocenters. The zero-order valence-corrected chi connectivity index (χ0v) is 15.4. The summed E-state index contributed by atoms with van der Waals surface area (Å²) in [7, 11) is 0. The summed E-state index contributed by atoms with van der Waals surface area (Å²) in [6, 6.07) is 0. The Morgan fingerprint density at radius 1 is 1.10 bits per heavy atom. The Labute approximate surface area is 133 Å². The molecular formula is C20H38O. The Bertz CT molecular complexity index is 315. The van der Waals surface area contributed by atoms with Gasteiger partial charge in [-0.25, -0.2) is 0 Å². The highest BCUT2D eigenvalue weighted by atomic mass is 16.5. The fourth-order valence-electron chi connectivity index (χ4n) is 2.97. The summed E-state index contributed by atoms with van der Waals surface area (Å²) in [6.45, 7) is 19.1. The first-order chi connectivity index (χ1) is 9.66. The summed E-state index contributed by atoms with van der Waals surface area (Å²) >= 11 is 0. The van der Waals surface area contributed by atoms with Crippen LogP contribution in [0.5, 0.6) is 0 Å². The van der Waals surface area contributed by atoms with Crippen LogP contribution >= 0.6 is 0 Å². The van der Waals surface area contributed by atoms with Crippen molar-refractivity contribution >= 4 is 0 Å². The largest absolute Gasteiger partial charge is 0.377 e. The molecule has 0 bridgehead atoms. The van der Waals surface area contributed by atoms with Gasteiger partial charge in [0.05, 0.1) is 6.10 Å². The van der Waals surface area contributed by atoms with Crippen molar-refractivity contribution in [3.63, 3.8) is 0 Å². The van der Waals surface area contributed by atoms with Gasteiger partial charge in [-0.15, -0.1) is 0 Å². The van der Waals surface area contributed by atoms with Crippen LogP contribution in [0.3, 0.4) is 0 Å². The molecule has 0 spiro atoms. The Hall–Kier alpha value is -0.300. The summed E-state index contributed by atoms with van der Waals surface area (Å²) in [4.78, 5) is 0. The van der Waals surface area contributed by atoms with E-state index in [1.165, 1.54) is 37.7 Å². The third kappa shape index (κ3) is 6.14. The molecule has 1 unspecified atom stereocenters. The molecule has 0 aromatic heterocycles. The second kappa shape index (κ2) is 7.81. The predicted octanol–water partition coefficient (Wildman–Crippen LogP) is 6.38. The van der Waals surface area contributed by atoms with E-state index in [9.17, 15) is 0 Å². The van der Waals surface area contributed by atoms with Crippen molar-refractivity contribution in [2.45, 2.75) is 92.6 Å². The lowest BCUT2D eigenvalue weighted by Crippen LogP contribution is -2.33. The van der Waals surface area contributed by atoms with Gasteiger partial charge in [-0.3, -0.25) is 0 Å². The van der Waals surface area contributed by atoms with Gasteiger partial charge in [0.1, 0.15) is 0 Å². The fraction of sp³-hybridized carbons (Fsp3) is 0.900. The molecule has 124 valence electrons. The maximum absolute atomic E-state index is 6.40. The quantitative estimate of drug-likeness (QED) is 0.495. The van der Waals surface area contributed by atoms with Crippen LogP contribution in [0.1, 0.15) is 86.5 Å². The molecule has 0 amide bonds. The van der Waals surface area contributed by atoms with Crippen LogP contribution in [0.2, 0.25) is 0 Å². The van der Waals surface area contributed by atoms with Gasteiger partial charge in [0.2, 0.25) is 0 Å². The predicted molar refractivity (Wildman–Crippen MR) is 93.6 cm³/mol. The Kier molecular flexibility index (Phi) is 6.97.